The summed E-state index contributed by atoms with van der Waals surface area (Å²) in [5.74, 6) is 0.765. The summed E-state index contributed by atoms with van der Waals surface area (Å²) in [6.45, 7) is 1.00. The van der Waals surface area contributed by atoms with E-state index in [9.17, 15) is 0 Å². The van der Waals surface area contributed by atoms with E-state index in [-0.39, 0.29) is 6.10 Å². The maximum absolute atomic E-state index is 6.03. The molecule has 1 atom stereocenters. The molecule has 0 radical (unpaired) electrons. The molecule has 6 heteroatoms. The van der Waals surface area contributed by atoms with Crippen molar-refractivity contribution in [2.24, 2.45) is 0 Å². The van der Waals surface area contributed by atoms with Gasteiger partial charge in [-0.05, 0) is 30.3 Å². The standard InChI is InChI=1S/C15H12ClN3O2/c16-10-5-6-14(11(7-10)15-8-20-15)21-9-19-13-4-2-1-3-12(13)17-18-19/h1-7,15H,8-9H2. The largest absolute Gasteiger partial charge is 0.471 e. The smallest absolute Gasteiger partial charge is 0.183 e. The predicted octanol–water partition coefficient (Wildman–Crippen LogP) is 3.19. The summed E-state index contributed by atoms with van der Waals surface area (Å²) in [5, 5.41) is 8.88. The number of hydrogen-bond donors (Lipinski definition) is 0. The molecule has 21 heavy (non-hydrogen) atoms. The van der Waals surface area contributed by atoms with Crippen LogP contribution in [0, 0.1) is 0 Å². The van der Waals surface area contributed by atoms with Crippen molar-refractivity contribution in [3.63, 3.8) is 0 Å². The summed E-state index contributed by atoms with van der Waals surface area (Å²) >= 11 is 6.03. The molecule has 1 aliphatic heterocycles. The maximum atomic E-state index is 6.03. The summed E-state index contributed by atoms with van der Waals surface area (Å²) in [7, 11) is 0. The van der Waals surface area contributed by atoms with Gasteiger partial charge in [0.25, 0.3) is 0 Å². The highest BCUT2D eigenvalue weighted by atomic mass is 35.5. The Morgan fingerprint density at radius 2 is 2.14 bits per heavy atom. The SMILES string of the molecule is Clc1ccc(OCn2nnc3ccccc32)c(C2CO2)c1. The summed E-state index contributed by atoms with van der Waals surface area (Å²) in [6.07, 6.45) is 0.0891. The van der Waals surface area contributed by atoms with Crippen LogP contribution < -0.4 is 4.74 Å². The molecule has 1 saturated heterocycles. The Morgan fingerprint density at radius 1 is 1.29 bits per heavy atom. The number of benzene rings is 2. The zero-order valence-corrected chi connectivity index (χ0v) is 11.8. The average Bonchev–Trinajstić information content (AvgIpc) is 3.27. The Hall–Kier alpha value is -2.11. The molecule has 0 bridgehead atoms. The maximum Gasteiger partial charge on any atom is 0.183 e. The lowest BCUT2D eigenvalue weighted by molar-refractivity contribution is 0.219. The lowest BCUT2D eigenvalue weighted by Crippen LogP contribution is -2.08. The van der Waals surface area contributed by atoms with Gasteiger partial charge in [0.1, 0.15) is 17.4 Å². The van der Waals surface area contributed by atoms with E-state index in [0.29, 0.717) is 18.4 Å². The van der Waals surface area contributed by atoms with Crippen LogP contribution in [0.25, 0.3) is 11.0 Å². The van der Waals surface area contributed by atoms with Crippen molar-refractivity contribution in [3.8, 4) is 5.75 Å². The van der Waals surface area contributed by atoms with E-state index in [1.165, 1.54) is 0 Å². The first-order valence-corrected chi connectivity index (χ1v) is 7.01. The second-order valence-corrected chi connectivity index (χ2v) is 5.29. The number of fused-ring (bicyclic) bond motifs is 1. The Morgan fingerprint density at radius 3 is 3.00 bits per heavy atom. The van der Waals surface area contributed by atoms with Crippen LogP contribution in [0.1, 0.15) is 11.7 Å². The minimum absolute atomic E-state index is 0.0891. The van der Waals surface area contributed by atoms with E-state index < -0.39 is 0 Å². The molecular formula is C15H12ClN3O2. The Kier molecular flexibility index (Phi) is 3.02. The lowest BCUT2D eigenvalue weighted by atomic mass is 10.1. The monoisotopic (exact) mass is 301 g/mol. The third-order valence-corrected chi connectivity index (χ3v) is 3.65. The average molecular weight is 302 g/mol. The van der Waals surface area contributed by atoms with Crippen molar-refractivity contribution in [2.75, 3.05) is 6.61 Å². The van der Waals surface area contributed by atoms with Crippen LogP contribution in [-0.4, -0.2) is 21.6 Å². The highest BCUT2D eigenvalue weighted by Crippen LogP contribution is 2.38. The number of nitrogens with zero attached hydrogens (tertiary/aromatic N) is 3. The topological polar surface area (TPSA) is 52.5 Å². The second-order valence-electron chi connectivity index (χ2n) is 4.86. The van der Waals surface area contributed by atoms with Gasteiger partial charge in [-0.2, -0.15) is 0 Å². The number of rotatable bonds is 4. The van der Waals surface area contributed by atoms with Crippen LogP contribution in [0.3, 0.4) is 0 Å². The molecule has 0 spiro atoms. The zero-order chi connectivity index (χ0) is 14.2. The summed E-state index contributed by atoms with van der Waals surface area (Å²) in [4.78, 5) is 0. The van der Waals surface area contributed by atoms with E-state index in [0.717, 1.165) is 22.3 Å². The third kappa shape index (κ3) is 2.46. The van der Waals surface area contributed by atoms with Gasteiger partial charge in [-0.15, -0.1) is 5.10 Å². The van der Waals surface area contributed by atoms with Gasteiger partial charge < -0.3 is 9.47 Å². The van der Waals surface area contributed by atoms with Crippen molar-refractivity contribution in [1.82, 2.24) is 15.0 Å². The first-order chi connectivity index (χ1) is 10.3. The van der Waals surface area contributed by atoms with E-state index in [1.807, 2.05) is 42.5 Å². The van der Waals surface area contributed by atoms with E-state index in [4.69, 9.17) is 21.1 Å². The Labute approximate surface area is 126 Å². The predicted molar refractivity (Wildman–Crippen MR) is 78.3 cm³/mol. The van der Waals surface area contributed by atoms with Gasteiger partial charge in [0.05, 0.1) is 12.1 Å². The molecule has 1 aliphatic rings. The fraction of sp³-hybridized carbons (Fsp3) is 0.200. The number of hydrogen-bond acceptors (Lipinski definition) is 4. The minimum Gasteiger partial charge on any atom is -0.471 e. The summed E-state index contributed by atoms with van der Waals surface area (Å²) < 4.78 is 12.9. The fourth-order valence-corrected chi connectivity index (χ4v) is 2.45. The van der Waals surface area contributed by atoms with Gasteiger partial charge in [0.15, 0.2) is 6.73 Å². The Balaban J connectivity index is 1.59. The molecule has 1 unspecified atom stereocenters. The van der Waals surface area contributed by atoms with Gasteiger partial charge in [-0.3, -0.25) is 0 Å². The number of epoxide rings is 1. The molecule has 4 rings (SSSR count). The number of aromatic nitrogens is 3. The van der Waals surface area contributed by atoms with Crippen LogP contribution in [-0.2, 0) is 11.5 Å². The summed E-state index contributed by atoms with van der Waals surface area (Å²) in [6, 6.07) is 13.3. The van der Waals surface area contributed by atoms with Crippen molar-refractivity contribution >= 4 is 22.6 Å². The molecule has 2 aromatic carbocycles. The highest BCUT2D eigenvalue weighted by Gasteiger charge is 2.28. The van der Waals surface area contributed by atoms with Crippen molar-refractivity contribution in [1.29, 1.82) is 0 Å². The van der Waals surface area contributed by atoms with Crippen LogP contribution in [0.2, 0.25) is 5.02 Å². The number of para-hydroxylation sites is 1. The third-order valence-electron chi connectivity index (χ3n) is 3.41. The summed E-state index contributed by atoms with van der Waals surface area (Å²) in [5.41, 5.74) is 2.77. The van der Waals surface area contributed by atoms with Crippen LogP contribution >= 0.6 is 11.6 Å². The van der Waals surface area contributed by atoms with E-state index in [1.54, 1.807) is 4.68 Å². The molecule has 106 valence electrons. The molecular weight excluding hydrogens is 290 g/mol. The highest BCUT2D eigenvalue weighted by molar-refractivity contribution is 6.30. The molecule has 3 aromatic rings. The first kappa shape index (κ1) is 12.6. The molecule has 0 amide bonds. The van der Waals surface area contributed by atoms with Crippen LogP contribution in [0.4, 0.5) is 0 Å². The van der Waals surface area contributed by atoms with E-state index >= 15 is 0 Å². The molecule has 1 fully saturated rings. The molecule has 1 aromatic heterocycles. The first-order valence-electron chi connectivity index (χ1n) is 6.63. The Bertz CT molecular complexity index is 798. The molecule has 0 N–H and O–H groups in total. The minimum atomic E-state index is 0.0891. The normalized spacial score (nSPS) is 17.1. The van der Waals surface area contributed by atoms with Gasteiger partial charge in [-0.25, -0.2) is 4.68 Å². The van der Waals surface area contributed by atoms with Gasteiger partial charge >= 0.3 is 0 Å². The van der Waals surface area contributed by atoms with Gasteiger partial charge in [-0.1, -0.05) is 28.9 Å². The molecule has 2 heterocycles. The molecule has 0 saturated carbocycles. The number of ether oxygens (including phenoxy) is 2. The van der Waals surface area contributed by atoms with Crippen LogP contribution in [0.15, 0.2) is 42.5 Å². The lowest BCUT2D eigenvalue weighted by Gasteiger charge is -2.10. The fourth-order valence-electron chi connectivity index (χ4n) is 2.27. The van der Waals surface area contributed by atoms with Gasteiger partial charge in [0.2, 0.25) is 0 Å². The molecule has 5 nitrogen and oxygen atoms in total. The van der Waals surface area contributed by atoms with Gasteiger partial charge in [0, 0.05) is 10.6 Å². The van der Waals surface area contributed by atoms with Crippen molar-refractivity contribution in [3.05, 3.63) is 53.1 Å². The van der Waals surface area contributed by atoms with Crippen LogP contribution in [0.5, 0.6) is 5.75 Å². The number of halogens is 1. The zero-order valence-electron chi connectivity index (χ0n) is 11.1. The quantitative estimate of drug-likeness (QED) is 0.694. The molecule has 0 aliphatic carbocycles. The van der Waals surface area contributed by atoms with E-state index in [2.05, 4.69) is 10.3 Å². The van der Waals surface area contributed by atoms with Crippen molar-refractivity contribution in [2.45, 2.75) is 12.8 Å². The second kappa shape index (κ2) is 5.02. The van der Waals surface area contributed by atoms with Crippen molar-refractivity contribution < 1.29 is 9.47 Å².